The third-order valence-electron chi connectivity index (χ3n) is 5.46. The van der Waals surface area contributed by atoms with Gasteiger partial charge in [-0.05, 0) is 32.0 Å². The molecule has 0 aliphatic rings. The van der Waals surface area contributed by atoms with Crippen LogP contribution < -0.4 is 14.8 Å². The second-order valence-electron chi connectivity index (χ2n) is 7.61. The summed E-state index contributed by atoms with van der Waals surface area (Å²) in [7, 11) is 4.45. The minimum Gasteiger partial charge on any atom is -0.493 e. The van der Waals surface area contributed by atoms with Crippen molar-refractivity contribution in [3.63, 3.8) is 0 Å². The van der Waals surface area contributed by atoms with Crippen LogP contribution in [0.25, 0.3) is 0 Å². The number of aryl methyl sites for hydroxylation is 1. The molecule has 2 aromatic heterocycles. The molecule has 0 spiro atoms. The fraction of sp³-hybridized carbons (Fsp3) is 0.320. The highest BCUT2D eigenvalue weighted by Gasteiger charge is 2.23. The summed E-state index contributed by atoms with van der Waals surface area (Å²) in [6.45, 7) is 4.35. The molecule has 1 amide bonds. The summed E-state index contributed by atoms with van der Waals surface area (Å²) in [5, 5.41) is 2.61. The lowest BCUT2D eigenvalue weighted by atomic mass is 10.1. The Morgan fingerprint density at radius 2 is 1.71 bits per heavy atom. The van der Waals surface area contributed by atoms with Gasteiger partial charge in [0.2, 0.25) is 5.78 Å². The third-order valence-corrected chi connectivity index (χ3v) is 5.46. The van der Waals surface area contributed by atoms with E-state index < -0.39 is 18.5 Å². The van der Waals surface area contributed by atoms with E-state index in [1.54, 1.807) is 19.2 Å². The van der Waals surface area contributed by atoms with Crippen LogP contribution in [0.1, 0.15) is 42.7 Å². The Balaban J connectivity index is 1.81. The highest BCUT2D eigenvalue weighted by Crippen LogP contribution is 2.34. The second kappa shape index (κ2) is 11.4. The fourth-order valence-electron chi connectivity index (χ4n) is 3.64. The van der Waals surface area contributed by atoms with Crippen LogP contribution >= 0.6 is 0 Å². The van der Waals surface area contributed by atoms with Crippen molar-refractivity contribution in [1.29, 1.82) is 0 Å². The van der Waals surface area contributed by atoms with Gasteiger partial charge in [0.05, 0.1) is 38.3 Å². The van der Waals surface area contributed by atoms with Gasteiger partial charge in [-0.2, -0.15) is 0 Å². The summed E-state index contributed by atoms with van der Waals surface area (Å²) in [4.78, 5) is 38.3. The van der Waals surface area contributed by atoms with E-state index in [0.717, 1.165) is 11.4 Å². The molecule has 0 saturated heterocycles. The largest absolute Gasteiger partial charge is 0.493 e. The first kappa shape index (κ1) is 25.6. The van der Waals surface area contributed by atoms with E-state index in [9.17, 15) is 14.4 Å². The number of hydrogen-bond donors (Lipinski definition) is 1. The van der Waals surface area contributed by atoms with Crippen LogP contribution in [0.5, 0.6) is 11.5 Å². The molecule has 3 rings (SSSR count). The number of nitrogens with one attached hydrogen (secondary N) is 1. The smallest absolute Gasteiger partial charge is 0.340 e. The summed E-state index contributed by atoms with van der Waals surface area (Å²) in [5.74, 6) is -1.14. The maximum Gasteiger partial charge on any atom is 0.340 e. The summed E-state index contributed by atoms with van der Waals surface area (Å²) in [5.41, 5.74) is 2.22. The number of Topliss-reactive ketones (excluding diaryl/α,β-unsaturated/α-hetero) is 1. The minimum absolute atomic E-state index is 0.0130. The Bertz CT molecular complexity index is 1210. The first-order valence-electron chi connectivity index (χ1n) is 10.8. The number of amides is 1. The molecule has 0 radical (unpaired) electrons. The number of hydrogen-bond acceptors (Lipinski definition) is 8. The zero-order valence-electron chi connectivity index (χ0n) is 20.3. The van der Waals surface area contributed by atoms with Crippen LogP contribution in [0.3, 0.4) is 0 Å². The van der Waals surface area contributed by atoms with Crippen LogP contribution in [0.15, 0.2) is 41.0 Å². The number of furan rings is 1. The predicted molar refractivity (Wildman–Crippen MR) is 127 cm³/mol. The molecular formula is C25H28N2O8. The Hall–Kier alpha value is -4.05. The quantitative estimate of drug-likeness (QED) is 0.324. The molecule has 35 heavy (non-hydrogen) atoms. The molecule has 0 aliphatic carbocycles. The highest BCUT2D eigenvalue weighted by molar-refractivity contribution is 6.08. The van der Waals surface area contributed by atoms with Gasteiger partial charge in [0.15, 0.2) is 23.9 Å². The van der Waals surface area contributed by atoms with Crippen molar-refractivity contribution in [2.75, 3.05) is 39.9 Å². The first-order chi connectivity index (χ1) is 16.8. The van der Waals surface area contributed by atoms with Crippen LogP contribution in [-0.2, 0) is 16.0 Å². The molecule has 0 aliphatic heterocycles. The van der Waals surface area contributed by atoms with Gasteiger partial charge in [0.25, 0.3) is 5.91 Å². The van der Waals surface area contributed by atoms with Gasteiger partial charge in [-0.25, -0.2) is 4.79 Å². The predicted octanol–water partition coefficient (Wildman–Crippen LogP) is 3.65. The molecule has 0 unspecified atom stereocenters. The number of esters is 1. The van der Waals surface area contributed by atoms with E-state index in [1.807, 2.05) is 18.4 Å². The van der Waals surface area contributed by atoms with E-state index >= 15 is 0 Å². The molecule has 10 heteroatoms. The van der Waals surface area contributed by atoms with Gasteiger partial charge in [0.1, 0.15) is 0 Å². The van der Waals surface area contributed by atoms with Crippen LogP contribution in [0.4, 0.5) is 5.69 Å². The third kappa shape index (κ3) is 5.72. The zero-order valence-corrected chi connectivity index (χ0v) is 20.3. The molecule has 3 aromatic rings. The lowest BCUT2D eigenvalue weighted by Gasteiger charge is -2.15. The minimum atomic E-state index is -0.817. The molecule has 186 valence electrons. The maximum atomic E-state index is 13.0. The highest BCUT2D eigenvalue weighted by atomic mass is 16.5. The Labute approximate surface area is 202 Å². The number of rotatable bonds is 11. The Kier molecular flexibility index (Phi) is 8.32. The average Bonchev–Trinajstić information content (AvgIpc) is 3.49. The van der Waals surface area contributed by atoms with Gasteiger partial charge in [-0.1, -0.05) is 0 Å². The van der Waals surface area contributed by atoms with Crippen molar-refractivity contribution in [3.8, 4) is 11.5 Å². The topological polar surface area (TPSA) is 118 Å². The maximum absolute atomic E-state index is 13.0. The van der Waals surface area contributed by atoms with Gasteiger partial charge < -0.3 is 33.2 Å². The van der Waals surface area contributed by atoms with Crippen molar-refractivity contribution in [2.45, 2.75) is 20.4 Å². The van der Waals surface area contributed by atoms with Crippen molar-refractivity contribution in [2.24, 2.45) is 0 Å². The number of ether oxygens (including phenoxy) is 4. The van der Waals surface area contributed by atoms with Crippen LogP contribution in [-0.4, -0.2) is 56.8 Å². The average molecular weight is 485 g/mol. The molecule has 0 bridgehead atoms. The number of carbonyl (C=O) groups excluding carboxylic acids is 3. The zero-order chi connectivity index (χ0) is 25.5. The lowest BCUT2D eigenvalue weighted by Crippen LogP contribution is -2.19. The summed E-state index contributed by atoms with van der Waals surface area (Å²) >= 11 is 0. The first-order valence-corrected chi connectivity index (χ1v) is 10.8. The van der Waals surface area contributed by atoms with E-state index in [4.69, 9.17) is 23.4 Å². The second-order valence-corrected chi connectivity index (χ2v) is 7.61. The van der Waals surface area contributed by atoms with E-state index in [0.29, 0.717) is 24.5 Å². The molecule has 0 atom stereocenters. The Morgan fingerprint density at radius 1 is 1.00 bits per heavy atom. The molecule has 1 N–H and O–H groups in total. The van der Waals surface area contributed by atoms with Crippen molar-refractivity contribution >= 4 is 23.3 Å². The van der Waals surface area contributed by atoms with Gasteiger partial charge in [-0.3, -0.25) is 9.59 Å². The number of ketones is 1. The molecule has 0 saturated carbocycles. The number of benzene rings is 1. The SMILES string of the molecule is COCCn1c(C)cc(C(=O)COC(=O)c2cc(OC)c(OC)cc2NC(=O)c2ccco2)c1C. The number of nitrogens with zero attached hydrogens (tertiary/aromatic N) is 1. The molecule has 10 nitrogen and oxygen atoms in total. The van der Waals surface area contributed by atoms with Gasteiger partial charge >= 0.3 is 5.97 Å². The molecule has 2 heterocycles. The van der Waals surface area contributed by atoms with Crippen LogP contribution in [0.2, 0.25) is 0 Å². The standard InChI is InChI=1S/C25H28N2O8/c1-15-11-17(16(2)27(15)8-10-31-3)20(28)14-35-25(30)18-12-22(32-4)23(33-5)13-19(18)26-24(29)21-7-6-9-34-21/h6-7,9,11-13H,8,10,14H2,1-5H3,(H,26,29). The number of carbonyl (C=O) groups is 3. The van der Waals surface area contributed by atoms with Crippen LogP contribution in [0, 0.1) is 13.8 Å². The number of aromatic nitrogens is 1. The molecular weight excluding hydrogens is 456 g/mol. The van der Waals surface area contributed by atoms with Crippen molar-refractivity contribution in [1.82, 2.24) is 4.57 Å². The van der Waals surface area contributed by atoms with E-state index in [2.05, 4.69) is 5.32 Å². The van der Waals surface area contributed by atoms with Crippen molar-refractivity contribution in [3.05, 3.63) is 64.9 Å². The van der Waals surface area contributed by atoms with Crippen molar-refractivity contribution < 1.29 is 37.7 Å². The normalized spacial score (nSPS) is 10.7. The van der Waals surface area contributed by atoms with Gasteiger partial charge in [-0.15, -0.1) is 0 Å². The van der Waals surface area contributed by atoms with Gasteiger partial charge in [0, 0.05) is 42.7 Å². The summed E-state index contributed by atoms with van der Waals surface area (Å²) in [6, 6.07) is 7.61. The monoisotopic (exact) mass is 484 g/mol. The summed E-state index contributed by atoms with van der Waals surface area (Å²) < 4.78 is 28.1. The fourth-order valence-corrected chi connectivity index (χ4v) is 3.64. The Morgan fingerprint density at radius 3 is 2.34 bits per heavy atom. The molecule has 0 fully saturated rings. The van der Waals surface area contributed by atoms with E-state index in [-0.39, 0.29) is 28.5 Å². The summed E-state index contributed by atoms with van der Waals surface area (Å²) in [6.07, 6.45) is 1.36. The number of methoxy groups -OCH3 is 3. The van der Waals surface area contributed by atoms with E-state index in [1.165, 1.54) is 38.7 Å². The molecule has 1 aromatic carbocycles. The lowest BCUT2D eigenvalue weighted by molar-refractivity contribution is 0.0475. The number of anilines is 1.